The van der Waals surface area contributed by atoms with Crippen LogP contribution in [0.3, 0.4) is 0 Å². The van der Waals surface area contributed by atoms with E-state index in [1.54, 1.807) is 38.3 Å². The van der Waals surface area contributed by atoms with Crippen LogP contribution in [0.25, 0.3) is 0 Å². The molecule has 1 aliphatic carbocycles. The molecule has 3 rings (SSSR count). The van der Waals surface area contributed by atoms with Crippen LogP contribution in [0.5, 0.6) is 0 Å². The highest BCUT2D eigenvalue weighted by molar-refractivity contribution is 7.58. The first kappa shape index (κ1) is 18.8. The number of benzene rings is 1. The molecule has 1 heterocycles. The van der Waals surface area contributed by atoms with E-state index >= 15 is 0 Å². The number of Topliss-reactive ketones (excluding diaryl/α,β-unsaturated/α-hetero) is 1. The van der Waals surface area contributed by atoms with Crippen molar-refractivity contribution < 1.29 is 22.8 Å². The van der Waals surface area contributed by atoms with Gasteiger partial charge in [-0.25, -0.2) is 0 Å². The average Bonchev–Trinajstić information content (AvgIpc) is 3.31. The van der Waals surface area contributed by atoms with E-state index in [0.29, 0.717) is 23.1 Å². The topological polar surface area (TPSA) is 65.7 Å². The molecule has 2 atom stereocenters. The Morgan fingerprint density at radius 2 is 1.81 bits per heavy atom. The molecule has 26 heavy (non-hydrogen) atoms. The van der Waals surface area contributed by atoms with Crippen LogP contribution in [0.2, 0.25) is 0 Å². The molecule has 0 saturated heterocycles. The van der Waals surface area contributed by atoms with Gasteiger partial charge in [0.05, 0.1) is 25.4 Å². The third-order valence-corrected chi connectivity index (χ3v) is 6.76. The summed E-state index contributed by atoms with van der Waals surface area (Å²) >= 11 is 0. The molecule has 2 aromatic rings. The molecule has 1 aliphatic rings. The largest absolute Gasteiger partial charge is 0.469 e. The molecule has 1 aromatic carbocycles. The summed E-state index contributed by atoms with van der Waals surface area (Å²) < 4.78 is 30.0. The van der Waals surface area contributed by atoms with Crippen molar-refractivity contribution in [2.75, 3.05) is 13.2 Å². The average molecular weight is 374 g/mol. The van der Waals surface area contributed by atoms with E-state index in [1.807, 2.05) is 30.3 Å². The first-order valence-electron chi connectivity index (χ1n) is 8.83. The van der Waals surface area contributed by atoms with E-state index < -0.39 is 13.5 Å². The summed E-state index contributed by atoms with van der Waals surface area (Å²) in [5, 5.41) is 0.441. The van der Waals surface area contributed by atoms with E-state index in [1.165, 1.54) is 0 Å². The molecule has 0 spiro atoms. The van der Waals surface area contributed by atoms with E-state index in [2.05, 4.69) is 0 Å². The molecule has 0 fully saturated rings. The van der Waals surface area contributed by atoms with Crippen molar-refractivity contribution in [1.29, 1.82) is 0 Å². The Bertz CT molecular complexity index is 800. The first-order chi connectivity index (χ1) is 12.6. The van der Waals surface area contributed by atoms with Gasteiger partial charge < -0.3 is 13.5 Å². The lowest BCUT2D eigenvalue weighted by Crippen LogP contribution is -2.22. The van der Waals surface area contributed by atoms with Crippen LogP contribution in [-0.4, -0.2) is 19.0 Å². The van der Waals surface area contributed by atoms with E-state index in [9.17, 15) is 9.36 Å². The van der Waals surface area contributed by atoms with Crippen molar-refractivity contribution in [3.05, 3.63) is 71.4 Å². The van der Waals surface area contributed by atoms with Gasteiger partial charge >= 0.3 is 7.60 Å². The fourth-order valence-electron chi connectivity index (χ4n) is 3.41. The number of allylic oxidation sites excluding steroid dienone is 2. The van der Waals surface area contributed by atoms with Crippen molar-refractivity contribution in [2.45, 2.75) is 26.2 Å². The quantitative estimate of drug-likeness (QED) is 0.456. The molecule has 5 nitrogen and oxygen atoms in total. The van der Waals surface area contributed by atoms with Gasteiger partial charge in [0.25, 0.3) is 0 Å². The van der Waals surface area contributed by atoms with Gasteiger partial charge in [0.1, 0.15) is 5.76 Å². The molecule has 0 saturated carbocycles. The fraction of sp³-hybridized carbons (Fsp3) is 0.350. The predicted octanol–water partition coefficient (Wildman–Crippen LogP) is 5.42. The molecular weight excluding hydrogens is 351 g/mol. The summed E-state index contributed by atoms with van der Waals surface area (Å²) in [6.07, 6.45) is 3.96. The van der Waals surface area contributed by atoms with Gasteiger partial charge in [-0.3, -0.25) is 9.36 Å². The normalized spacial score (nSPS) is 20.2. The Morgan fingerprint density at radius 3 is 2.38 bits per heavy atom. The fourth-order valence-corrected chi connectivity index (χ4v) is 5.43. The molecular formula is C20H23O5P. The summed E-state index contributed by atoms with van der Waals surface area (Å²) in [5.41, 5.74) is 0.571. The number of hydrogen-bond acceptors (Lipinski definition) is 5. The van der Waals surface area contributed by atoms with Gasteiger partial charge in [0.2, 0.25) is 0 Å². The Labute approximate surface area is 153 Å². The second-order valence-corrected chi connectivity index (χ2v) is 8.06. The minimum absolute atomic E-state index is 0.101. The van der Waals surface area contributed by atoms with E-state index in [-0.39, 0.29) is 24.9 Å². The lowest BCUT2D eigenvalue weighted by atomic mass is 9.86. The van der Waals surface area contributed by atoms with Crippen molar-refractivity contribution in [2.24, 2.45) is 5.92 Å². The Kier molecular flexibility index (Phi) is 5.92. The first-order valence-corrected chi connectivity index (χ1v) is 10.4. The third kappa shape index (κ3) is 3.61. The summed E-state index contributed by atoms with van der Waals surface area (Å²) in [6.45, 7) is 4.01. The standard InChI is InChI=1S/C20H23O5P/c1-3-24-26(22,25-4-2)18-13-12-16(17-11-8-14-23-17)19(18)20(21)15-9-6-5-7-10-15/h5-11,13-14,16,19H,3-4,12H2,1-2H3/t16-,19-/m0/s1. The lowest BCUT2D eigenvalue weighted by Gasteiger charge is -2.25. The Balaban J connectivity index is 2.03. The maximum atomic E-state index is 13.4. The number of rotatable bonds is 8. The van der Waals surface area contributed by atoms with Crippen molar-refractivity contribution in [3.63, 3.8) is 0 Å². The van der Waals surface area contributed by atoms with Crippen LogP contribution in [0.4, 0.5) is 0 Å². The van der Waals surface area contributed by atoms with Crippen LogP contribution >= 0.6 is 7.60 Å². The van der Waals surface area contributed by atoms with Gasteiger partial charge in [0.15, 0.2) is 5.78 Å². The van der Waals surface area contributed by atoms with E-state index in [0.717, 1.165) is 0 Å². The van der Waals surface area contributed by atoms with Gasteiger partial charge in [-0.05, 0) is 32.4 Å². The predicted molar refractivity (Wildman–Crippen MR) is 99.3 cm³/mol. The Morgan fingerprint density at radius 1 is 1.12 bits per heavy atom. The second-order valence-electron chi connectivity index (χ2n) is 6.03. The second kappa shape index (κ2) is 8.17. The third-order valence-electron chi connectivity index (χ3n) is 4.47. The van der Waals surface area contributed by atoms with Crippen molar-refractivity contribution in [3.8, 4) is 0 Å². The van der Waals surface area contributed by atoms with Crippen molar-refractivity contribution >= 4 is 13.4 Å². The van der Waals surface area contributed by atoms with Crippen LogP contribution in [0.1, 0.15) is 42.3 Å². The molecule has 0 amide bonds. The maximum absolute atomic E-state index is 13.4. The van der Waals surface area contributed by atoms with Gasteiger partial charge in [-0.2, -0.15) is 0 Å². The molecule has 0 radical (unpaired) electrons. The Hall–Kier alpha value is -1.94. The van der Waals surface area contributed by atoms with Crippen LogP contribution in [0.15, 0.2) is 64.5 Å². The number of ketones is 1. The summed E-state index contributed by atoms with van der Waals surface area (Å²) in [5.74, 6) is -0.255. The maximum Gasteiger partial charge on any atom is 0.357 e. The molecule has 0 bridgehead atoms. The monoisotopic (exact) mass is 374 g/mol. The minimum atomic E-state index is -3.54. The van der Waals surface area contributed by atoms with Gasteiger partial charge in [0, 0.05) is 16.8 Å². The zero-order chi connectivity index (χ0) is 18.6. The number of carbonyl (C=O) groups excluding carboxylic acids is 1. The molecule has 6 heteroatoms. The lowest BCUT2D eigenvalue weighted by molar-refractivity contribution is 0.0922. The SMILES string of the molecule is CCOP(=O)(OCC)C1=CC[C@@H](c2ccco2)[C@@H]1C(=O)c1ccccc1. The molecule has 0 N–H and O–H groups in total. The highest BCUT2D eigenvalue weighted by atomic mass is 31.2. The molecule has 0 unspecified atom stereocenters. The van der Waals surface area contributed by atoms with Gasteiger partial charge in [-0.1, -0.05) is 36.4 Å². The van der Waals surface area contributed by atoms with Crippen molar-refractivity contribution in [1.82, 2.24) is 0 Å². The minimum Gasteiger partial charge on any atom is -0.469 e. The summed E-state index contributed by atoms with van der Waals surface area (Å²) in [7, 11) is -3.54. The molecule has 138 valence electrons. The highest BCUT2D eigenvalue weighted by Crippen LogP contribution is 2.64. The summed E-state index contributed by atoms with van der Waals surface area (Å²) in [6, 6.07) is 12.7. The van der Waals surface area contributed by atoms with Gasteiger partial charge in [-0.15, -0.1) is 0 Å². The number of carbonyl (C=O) groups is 1. The van der Waals surface area contributed by atoms with E-state index in [4.69, 9.17) is 13.5 Å². The van der Waals surface area contributed by atoms with Crippen LogP contribution in [-0.2, 0) is 13.6 Å². The summed E-state index contributed by atoms with van der Waals surface area (Å²) in [4.78, 5) is 13.3. The smallest absolute Gasteiger partial charge is 0.357 e. The van der Waals surface area contributed by atoms with Crippen LogP contribution in [0, 0.1) is 5.92 Å². The number of furan rings is 1. The van der Waals surface area contributed by atoms with Crippen LogP contribution < -0.4 is 0 Å². The number of hydrogen-bond donors (Lipinski definition) is 0. The zero-order valence-electron chi connectivity index (χ0n) is 15.0. The highest BCUT2D eigenvalue weighted by Gasteiger charge is 2.47. The molecule has 1 aromatic heterocycles. The zero-order valence-corrected chi connectivity index (χ0v) is 15.9. The molecule has 0 aliphatic heterocycles.